The van der Waals surface area contributed by atoms with Gasteiger partial charge in [0.15, 0.2) is 0 Å². The second-order valence-corrected chi connectivity index (χ2v) is 5.75. The molecule has 0 unspecified atom stereocenters. The number of imidazole rings is 1. The number of aromatic nitrogens is 2. The molecule has 0 saturated heterocycles. The molecule has 1 fully saturated rings. The van der Waals surface area contributed by atoms with Crippen LogP contribution in [0, 0.1) is 18.2 Å². The Hall–Kier alpha value is -1.80. The maximum absolute atomic E-state index is 13.7. The van der Waals surface area contributed by atoms with Gasteiger partial charge in [0, 0.05) is 11.5 Å². The molecule has 20 heavy (non-hydrogen) atoms. The fourth-order valence-corrected chi connectivity index (χ4v) is 2.50. The number of nitrogens with zero attached hydrogens (tertiary/aromatic N) is 2. The molecule has 2 aromatic rings. The third-order valence-corrected chi connectivity index (χ3v) is 4.06. The van der Waals surface area contributed by atoms with Gasteiger partial charge in [-0.25, -0.2) is 9.37 Å². The smallest absolute Gasteiger partial charge is 0.138 e. The lowest BCUT2D eigenvalue weighted by molar-refractivity contribution is 0.621. The molecule has 3 rings (SSSR count). The summed E-state index contributed by atoms with van der Waals surface area (Å²) in [7, 11) is 0. The Morgan fingerprint density at radius 3 is 2.85 bits per heavy atom. The summed E-state index contributed by atoms with van der Waals surface area (Å²) in [6, 6.07) is 4.88. The zero-order chi connectivity index (χ0) is 14.3. The van der Waals surface area contributed by atoms with Crippen molar-refractivity contribution in [3.63, 3.8) is 0 Å². The first-order valence-corrected chi connectivity index (χ1v) is 7.16. The molecular formula is C15H13BrFN3. The maximum atomic E-state index is 13.7. The zero-order valence-electron chi connectivity index (χ0n) is 10.7. The Labute approximate surface area is 125 Å². The number of rotatable bonds is 3. The van der Waals surface area contributed by atoms with Gasteiger partial charge in [0.2, 0.25) is 0 Å². The Morgan fingerprint density at radius 1 is 1.50 bits per heavy atom. The van der Waals surface area contributed by atoms with Gasteiger partial charge in [-0.05, 0) is 40.9 Å². The van der Waals surface area contributed by atoms with E-state index in [0.29, 0.717) is 34.0 Å². The first-order valence-electron chi connectivity index (χ1n) is 6.36. The van der Waals surface area contributed by atoms with Crippen LogP contribution in [0.3, 0.4) is 0 Å². The van der Waals surface area contributed by atoms with Crippen LogP contribution in [0.1, 0.15) is 24.6 Å². The van der Waals surface area contributed by atoms with Crippen LogP contribution in [0.15, 0.2) is 22.7 Å². The van der Waals surface area contributed by atoms with E-state index in [1.807, 2.05) is 4.57 Å². The minimum Gasteiger partial charge on any atom is -0.383 e. The molecule has 1 aromatic heterocycles. The highest BCUT2D eigenvalue weighted by atomic mass is 79.9. The molecule has 0 aliphatic heterocycles. The van der Waals surface area contributed by atoms with Gasteiger partial charge < -0.3 is 10.3 Å². The van der Waals surface area contributed by atoms with Crippen LogP contribution in [-0.4, -0.2) is 9.55 Å². The zero-order valence-corrected chi connectivity index (χ0v) is 12.3. The second-order valence-electron chi connectivity index (χ2n) is 4.90. The fraction of sp³-hybridized carbons (Fsp3) is 0.267. The van der Waals surface area contributed by atoms with E-state index < -0.39 is 0 Å². The molecule has 2 N–H and O–H groups in total. The van der Waals surface area contributed by atoms with E-state index in [-0.39, 0.29) is 5.82 Å². The lowest BCUT2D eigenvalue weighted by Gasteiger charge is -2.05. The van der Waals surface area contributed by atoms with Crippen molar-refractivity contribution in [2.24, 2.45) is 0 Å². The largest absolute Gasteiger partial charge is 0.383 e. The van der Waals surface area contributed by atoms with E-state index >= 15 is 0 Å². The quantitative estimate of drug-likeness (QED) is 0.873. The highest BCUT2D eigenvalue weighted by Gasteiger charge is 2.30. The Balaban J connectivity index is 2.11. The molecular weight excluding hydrogens is 321 g/mol. The topological polar surface area (TPSA) is 43.8 Å². The molecule has 1 aliphatic carbocycles. The molecule has 5 heteroatoms. The van der Waals surface area contributed by atoms with Crippen LogP contribution >= 0.6 is 15.9 Å². The summed E-state index contributed by atoms with van der Waals surface area (Å²) in [5.74, 6) is 4.11. The molecule has 1 heterocycles. The van der Waals surface area contributed by atoms with Gasteiger partial charge in [-0.3, -0.25) is 0 Å². The van der Waals surface area contributed by atoms with Crippen molar-refractivity contribution in [1.29, 1.82) is 0 Å². The number of nitrogens with two attached hydrogens (primary N) is 1. The first-order chi connectivity index (χ1) is 9.61. The first kappa shape index (κ1) is 13.2. The minimum atomic E-state index is -0.332. The number of hydrogen-bond acceptors (Lipinski definition) is 2. The highest BCUT2D eigenvalue weighted by molar-refractivity contribution is 9.10. The summed E-state index contributed by atoms with van der Waals surface area (Å²) in [4.78, 5) is 4.59. The van der Waals surface area contributed by atoms with Gasteiger partial charge in [0.05, 0.1) is 11.0 Å². The van der Waals surface area contributed by atoms with Crippen molar-refractivity contribution in [2.75, 3.05) is 5.73 Å². The van der Waals surface area contributed by atoms with E-state index in [0.717, 1.165) is 18.7 Å². The van der Waals surface area contributed by atoms with Crippen LogP contribution in [0.2, 0.25) is 0 Å². The van der Waals surface area contributed by atoms with Gasteiger partial charge in [-0.2, -0.15) is 0 Å². The molecule has 1 saturated carbocycles. The molecule has 1 aliphatic rings. The lowest BCUT2D eigenvalue weighted by atomic mass is 10.1. The molecule has 0 radical (unpaired) electrons. The average Bonchev–Trinajstić information content (AvgIpc) is 3.21. The third-order valence-electron chi connectivity index (χ3n) is 3.42. The van der Waals surface area contributed by atoms with Gasteiger partial charge in [0.1, 0.15) is 23.2 Å². The SMILES string of the molecule is C#CCn1c(C2CC2)nc(-c2ccc(Br)c(F)c2)c1N. The molecule has 0 atom stereocenters. The summed E-state index contributed by atoms with van der Waals surface area (Å²) in [5, 5.41) is 0. The summed E-state index contributed by atoms with van der Waals surface area (Å²) < 4.78 is 15.9. The van der Waals surface area contributed by atoms with Crippen molar-refractivity contribution < 1.29 is 4.39 Å². The van der Waals surface area contributed by atoms with Crippen LogP contribution in [0.25, 0.3) is 11.3 Å². The summed E-state index contributed by atoms with van der Waals surface area (Å²) >= 11 is 3.14. The van der Waals surface area contributed by atoms with Crippen LogP contribution in [0.5, 0.6) is 0 Å². The maximum Gasteiger partial charge on any atom is 0.138 e. The molecule has 0 bridgehead atoms. The van der Waals surface area contributed by atoms with Crippen LogP contribution in [0.4, 0.5) is 10.2 Å². The molecule has 102 valence electrons. The normalized spacial score (nSPS) is 14.2. The predicted molar refractivity (Wildman–Crippen MR) is 80.5 cm³/mol. The lowest BCUT2D eigenvalue weighted by Crippen LogP contribution is -2.05. The predicted octanol–water partition coefficient (Wildman–Crippen LogP) is 3.54. The molecule has 0 amide bonds. The van der Waals surface area contributed by atoms with Gasteiger partial charge in [-0.1, -0.05) is 12.0 Å². The van der Waals surface area contributed by atoms with E-state index in [2.05, 4.69) is 26.8 Å². The Bertz CT molecular complexity index is 711. The monoisotopic (exact) mass is 333 g/mol. The minimum absolute atomic E-state index is 0.332. The van der Waals surface area contributed by atoms with Crippen molar-refractivity contribution in [3.05, 3.63) is 34.3 Å². The standard InChI is InChI=1S/C15H13BrFN3/c1-2-7-20-14(18)13(19-15(20)9-3-4-9)10-5-6-11(16)12(17)8-10/h1,5-6,8-9H,3-4,7,18H2. The Morgan fingerprint density at radius 2 is 2.25 bits per heavy atom. The number of hydrogen-bond donors (Lipinski definition) is 1. The molecule has 0 spiro atoms. The summed E-state index contributed by atoms with van der Waals surface area (Å²) in [6.45, 7) is 0.393. The van der Waals surface area contributed by atoms with E-state index in [1.165, 1.54) is 6.07 Å². The highest BCUT2D eigenvalue weighted by Crippen LogP contribution is 2.42. The third kappa shape index (κ3) is 2.20. The number of terminal acetylenes is 1. The van der Waals surface area contributed by atoms with Gasteiger partial charge >= 0.3 is 0 Å². The van der Waals surface area contributed by atoms with Gasteiger partial charge in [-0.15, -0.1) is 6.42 Å². The van der Waals surface area contributed by atoms with Crippen molar-refractivity contribution in [1.82, 2.24) is 9.55 Å². The van der Waals surface area contributed by atoms with Gasteiger partial charge in [0.25, 0.3) is 0 Å². The molecule has 1 aromatic carbocycles. The van der Waals surface area contributed by atoms with Crippen molar-refractivity contribution >= 4 is 21.7 Å². The number of nitrogen functional groups attached to an aromatic ring is 1. The van der Waals surface area contributed by atoms with Crippen LogP contribution < -0.4 is 5.73 Å². The van der Waals surface area contributed by atoms with Crippen molar-refractivity contribution in [2.45, 2.75) is 25.3 Å². The summed E-state index contributed by atoms with van der Waals surface area (Å²) in [5.41, 5.74) is 7.42. The van der Waals surface area contributed by atoms with E-state index in [4.69, 9.17) is 12.2 Å². The van der Waals surface area contributed by atoms with E-state index in [9.17, 15) is 4.39 Å². The number of benzene rings is 1. The average molecular weight is 334 g/mol. The number of halogens is 2. The van der Waals surface area contributed by atoms with E-state index in [1.54, 1.807) is 12.1 Å². The van der Waals surface area contributed by atoms with Crippen LogP contribution in [-0.2, 0) is 6.54 Å². The Kier molecular flexibility index (Phi) is 3.27. The van der Waals surface area contributed by atoms with Crippen molar-refractivity contribution in [3.8, 4) is 23.6 Å². The molecule has 3 nitrogen and oxygen atoms in total. The fourth-order valence-electron chi connectivity index (χ4n) is 2.25. The second kappa shape index (κ2) is 4.95. The summed E-state index contributed by atoms with van der Waals surface area (Å²) in [6.07, 6.45) is 7.60. The number of anilines is 1.